The van der Waals surface area contributed by atoms with Crippen LogP contribution in [0.25, 0.3) is 0 Å². The molecule has 0 aromatic heterocycles. The van der Waals surface area contributed by atoms with Crippen molar-refractivity contribution in [3.8, 4) is 5.75 Å². The molecule has 0 heterocycles. The normalized spacial score (nSPS) is 14.6. The zero-order valence-electron chi connectivity index (χ0n) is 9.49. The van der Waals surface area contributed by atoms with Crippen LogP contribution >= 0.6 is 0 Å². The van der Waals surface area contributed by atoms with Crippen molar-refractivity contribution in [1.29, 1.82) is 0 Å². The lowest BCUT2D eigenvalue weighted by atomic mass is 10.2. The summed E-state index contributed by atoms with van der Waals surface area (Å²) in [6, 6.07) is 1.42. The molecule has 1 N–H and O–H groups in total. The minimum Gasteiger partial charge on any atom is -0.478 e. The molecular formula is C12H12F2O4. The van der Waals surface area contributed by atoms with Crippen molar-refractivity contribution in [3.63, 3.8) is 0 Å². The molecule has 0 aliphatic heterocycles. The number of rotatable bonds is 6. The van der Waals surface area contributed by atoms with Gasteiger partial charge in [0.2, 0.25) is 0 Å². The minimum atomic E-state index is -1.40. The van der Waals surface area contributed by atoms with E-state index in [0.29, 0.717) is 24.7 Å². The lowest BCUT2D eigenvalue weighted by Gasteiger charge is -2.09. The monoisotopic (exact) mass is 258 g/mol. The van der Waals surface area contributed by atoms with Crippen LogP contribution in [0.5, 0.6) is 5.75 Å². The van der Waals surface area contributed by atoms with Gasteiger partial charge in [-0.25, -0.2) is 13.6 Å². The molecule has 1 saturated carbocycles. The van der Waals surface area contributed by atoms with E-state index >= 15 is 0 Å². The van der Waals surface area contributed by atoms with Gasteiger partial charge >= 0.3 is 5.97 Å². The van der Waals surface area contributed by atoms with E-state index in [1.54, 1.807) is 0 Å². The molecule has 1 aromatic carbocycles. The SMILES string of the molecule is O=C(O)c1cc(F)c(OCOCC2CC2)c(F)c1. The minimum absolute atomic E-state index is 0.253. The Hall–Kier alpha value is -1.69. The lowest BCUT2D eigenvalue weighted by molar-refractivity contribution is 0.00571. The summed E-state index contributed by atoms with van der Waals surface area (Å²) in [6.45, 7) is 0.257. The van der Waals surface area contributed by atoms with Crippen molar-refractivity contribution in [2.75, 3.05) is 13.4 Å². The molecule has 98 valence electrons. The standard InChI is InChI=1S/C12H12F2O4/c13-9-3-8(12(15)16)4-10(14)11(9)18-6-17-5-7-1-2-7/h3-4,7H,1-2,5-6H2,(H,15,16). The maximum absolute atomic E-state index is 13.4. The predicted molar refractivity (Wildman–Crippen MR) is 57.5 cm³/mol. The fraction of sp³-hybridized carbons (Fsp3) is 0.417. The van der Waals surface area contributed by atoms with Crippen LogP contribution in [0.15, 0.2) is 12.1 Å². The molecule has 0 bridgehead atoms. The van der Waals surface area contributed by atoms with Crippen molar-refractivity contribution in [2.24, 2.45) is 5.92 Å². The summed E-state index contributed by atoms with van der Waals surface area (Å²) < 4.78 is 36.7. The Morgan fingerprint density at radius 3 is 2.44 bits per heavy atom. The Morgan fingerprint density at radius 2 is 1.94 bits per heavy atom. The van der Waals surface area contributed by atoms with Gasteiger partial charge in [0, 0.05) is 0 Å². The third kappa shape index (κ3) is 3.16. The maximum Gasteiger partial charge on any atom is 0.335 e. The van der Waals surface area contributed by atoms with Gasteiger partial charge in [-0.15, -0.1) is 0 Å². The summed E-state index contributed by atoms with van der Waals surface area (Å²) >= 11 is 0. The van der Waals surface area contributed by atoms with Gasteiger partial charge in [0.15, 0.2) is 24.2 Å². The molecule has 0 atom stereocenters. The van der Waals surface area contributed by atoms with Crippen molar-refractivity contribution >= 4 is 5.97 Å². The number of carbonyl (C=O) groups is 1. The summed E-state index contributed by atoms with van der Waals surface area (Å²) in [5.74, 6) is -3.59. The largest absolute Gasteiger partial charge is 0.478 e. The molecule has 1 aliphatic carbocycles. The van der Waals surface area contributed by atoms with Gasteiger partial charge in [0.25, 0.3) is 0 Å². The zero-order valence-corrected chi connectivity index (χ0v) is 9.49. The number of benzene rings is 1. The number of hydrogen-bond donors (Lipinski definition) is 1. The van der Waals surface area contributed by atoms with E-state index in [4.69, 9.17) is 14.6 Å². The molecule has 1 fully saturated rings. The summed E-state index contributed by atoms with van der Waals surface area (Å²) in [5, 5.41) is 8.61. The highest BCUT2D eigenvalue weighted by atomic mass is 19.1. The van der Waals surface area contributed by atoms with Crippen molar-refractivity contribution in [2.45, 2.75) is 12.8 Å². The average Bonchev–Trinajstić information content (AvgIpc) is 3.10. The Morgan fingerprint density at radius 1 is 1.33 bits per heavy atom. The Bertz CT molecular complexity index is 434. The zero-order chi connectivity index (χ0) is 13.1. The number of carboxylic acids is 1. The smallest absolute Gasteiger partial charge is 0.335 e. The van der Waals surface area contributed by atoms with Crippen LogP contribution in [0.3, 0.4) is 0 Å². The number of halogens is 2. The molecule has 1 aromatic rings. The van der Waals surface area contributed by atoms with E-state index in [1.165, 1.54) is 0 Å². The van der Waals surface area contributed by atoms with Gasteiger partial charge < -0.3 is 14.6 Å². The van der Waals surface area contributed by atoms with E-state index in [1.807, 2.05) is 0 Å². The molecule has 6 heteroatoms. The Labute approximate surface area is 102 Å². The quantitative estimate of drug-likeness (QED) is 0.629. The first kappa shape index (κ1) is 12.8. The first-order valence-corrected chi connectivity index (χ1v) is 5.51. The highest BCUT2D eigenvalue weighted by molar-refractivity contribution is 5.87. The number of aromatic carboxylic acids is 1. The molecule has 0 saturated heterocycles. The Kier molecular flexibility index (Phi) is 3.76. The van der Waals surface area contributed by atoms with Gasteiger partial charge in [-0.3, -0.25) is 0 Å². The van der Waals surface area contributed by atoms with Crippen LogP contribution in [0.1, 0.15) is 23.2 Å². The first-order valence-electron chi connectivity index (χ1n) is 5.51. The number of hydrogen-bond acceptors (Lipinski definition) is 3. The van der Waals surface area contributed by atoms with Crippen LogP contribution < -0.4 is 4.74 Å². The molecular weight excluding hydrogens is 246 g/mol. The van der Waals surface area contributed by atoms with E-state index in [9.17, 15) is 13.6 Å². The van der Waals surface area contributed by atoms with E-state index in [-0.39, 0.29) is 6.79 Å². The second-order valence-corrected chi connectivity index (χ2v) is 4.15. The van der Waals surface area contributed by atoms with Gasteiger partial charge in [0.1, 0.15) is 0 Å². The van der Waals surface area contributed by atoms with Gasteiger partial charge in [0.05, 0.1) is 12.2 Å². The van der Waals surface area contributed by atoms with Crippen molar-refractivity contribution in [1.82, 2.24) is 0 Å². The Balaban J connectivity index is 1.95. The molecule has 1 aliphatic rings. The lowest BCUT2D eigenvalue weighted by Crippen LogP contribution is -2.08. The van der Waals surface area contributed by atoms with Crippen LogP contribution in [0.4, 0.5) is 8.78 Å². The molecule has 4 nitrogen and oxygen atoms in total. The molecule has 2 rings (SSSR count). The highest BCUT2D eigenvalue weighted by Crippen LogP contribution is 2.29. The topological polar surface area (TPSA) is 55.8 Å². The molecule has 18 heavy (non-hydrogen) atoms. The van der Waals surface area contributed by atoms with Crippen molar-refractivity contribution in [3.05, 3.63) is 29.3 Å². The number of carboxylic acid groups (broad SMARTS) is 1. The molecule has 0 radical (unpaired) electrons. The van der Waals surface area contributed by atoms with Crippen molar-refractivity contribution < 1.29 is 28.2 Å². The third-order valence-corrected chi connectivity index (χ3v) is 2.58. The van der Waals surface area contributed by atoms with E-state index in [2.05, 4.69) is 0 Å². The number of ether oxygens (including phenoxy) is 2. The molecule has 0 amide bonds. The fourth-order valence-electron chi connectivity index (χ4n) is 1.42. The molecule has 0 unspecified atom stereocenters. The fourth-order valence-corrected chi connectivity index (χ4v) is 1.42. The highest BCUT2D eigenvalue weighted by Gasteiger charge is 2.21. The predicted octanol–water partition coefficient (Wildman–Crippen LogP) is 2.43. The van der Waals surface area contributed by atoms with Crippen LogP contribution in [0.2, 0.25) is 0 Å². The summed E-state index contributed by atoms with van der Waals surface area (Å²) in [4.78, 5) is 10.6. The maximum atomic E-state index is 13.4. The van der Waals surface area contributed by atoms with Gasteiger partial charge in [-0.2, -0.15) is 0 Å². The first-order chi connectivity index (χ1) is 8.58. The average molecular weight is 258 g/mol. The van der Waals surface area contributed by atoms with E-state index < -0.39 is 28.9 Å². The third-order valence-electron chi connectivity index (χ3n) is 2.58. The molecule has 0 spiro atoms. The van der Waals surface area contributed by atoms with E-state index in [0.717, 1.165) is 12.8 Å². The summed E-state index contributed by atoms with van der Waals surface area (Å²) in [7, 11) is 0. The van der Waals surface area contributed by atoms with Gasteiger partial charge in [-0.05, 0) is 30.9 Å². The van der Waals surface area contributed by atoms with Crippen LogP contribution in [-0.2, 0) is 4.74 Å². The van der Waals surface area contributed by atoms with Gasteiger partial charge in [-0.1, -0.05) is 0 Å². The summed E-state index contributed by atoms with van der Waals surface area (Å²) in [5.41, 5.74) is -0.462. The second-order valence-electron chi connectivity index (χ2n) is 4.15. The van der Waals surface area contributed by atoms with Crippen LogP contribution in [-0.4, -0.2) is 24.5 Å². The summed E-state index contributed by atoms with van der Waals surface area (Å²) in [6.07, 6.45) is 2.21. The van der Waals surface area contributed by atoms with Crippen LogP contribution in [0, 0.1) is 17.6 Å². The second kappa shape index (κ2) is 5.30.